The lowest BCUT2D eigenvalue weighted by Crippen LogP contribution is -2.40. The molecule has 1 atom stereocenters. The van der Waals surface area contributed by atoms with E-state index in [4.69, 9.17) is 33.4 Å². The van der Waals surface area contributed by atoms with Gasteiger partial charge in [-0.15, -0.1) is 0 Å². The summed E-state index contributed by atoms with van der Waals surface area (Å²) in [6, 6.07) is 4.70. The van der Waals surface area contributed by atoms with Gasteiger partial charge in [0.05, 0.1) is 31.8 Å². The number of aliphatic hydroxyl groups is 1. The molecule has 1 rings (SSSR count). The molecule has 0 fully saturated rings. The van der Waals surface area contributed by atoms with E-state index >= 15 is 0 Å². The Morgan fingerprint density at radius 2 is 1.32 bits per heavy atom. The van der Waals surface area contributed by atoms with Crippen LogP contribution in [0.4, 0.5) is 0 Å². The Kier molecular flexibility index (Phi) is 15.3. The Morgan fingerprint density at radius 1 is 0.816 bits per heavy atom. The normalized spacial score (nSPS) is 14.1. The number of hydrogen-bond acceptors (Lipinski definition) is 8. The summed E-state index contributed by atoms with van der Waals surface area (Å²) in [4.78, 5) is 36.5. The van der Waals surface area contributed by atoms with Gasteiger partial charge in [-0.1, -0.05) is 79.0 Å². The van der Waals surface area contributed by atoms with Crippen molar-refractivity contribution < 1.29 is 38.5 Å². The van der Waals surface area contributed by atoms with Crippen LogP contribution in [0.5, 0.6) is 0 Å². The monoisotopic (exact) mass is 578 g/mol. The van der Waals surface area contributed by atoms with E-state index in [0.29, 0.717) is 12.5 Å². The zero-order valence-electron chi connectivity index (χ0n) is 24.7. The molecule has 10 heteroatoms. The number of rotatable bonds is 17. The Morgan fingerprint density at radius 3 is 1.71 bits per heavy atom. The van der Waals surface area contributed by atoms with Crippen molar-refractivity contribution in [2.75, 3.05) is 33.0 Å². The molecule has 0 aromatic heterocycles. The summed E-state index contributed by atoms with van der Waals surface area (Å²) < 4.78 is 15.8. The minimum atomic E-state index is -2.62. The van der Waals surface area contributed by atoms with Gasteiger partial charge in [-0.25, -0.2) is 0 Å². The summed E-state index contributed by atoms with van der Waals surface area (Å²) in [5, 5.41) is 9.93. The second-order valence-electron chi connectivity index (χ2n) is 12.6. The molecule has 0 aliphatic heterocycles. The van der Waals surface area contributed by atoms with Gasteiger partial charge in [0.15, 0.2) is 0 Å². The van der Waals surface area contributed by atoms with E-state index < -0.39 is 29.2 Å². The van der Waals surface area contributed by atoms with E-state index in [9.17, 15) is 5.11 Å². The highest BCUT2D eigenvalue weighted by atomic mass is 31.2. The van der Waals surface area contributed by atoms with Crippen LogP contribution in [-0.4, -0.2) is 57.7 Å². The molecular formula is C28H52O8P2. The topological polar surface area (TPSA) is 129 Å². The number of ether oxygens (including phenoxy) is 1. The smallest absolute Gasteiger partial charge is 0.327 e. The Hall–Kier alpha value is -0.240. The zero-order chi connectivity index (χ0) is 29.1. The van der Waals surface area contributed by atoms with Crippen LogP contribution in [0.25, 0.3) is 0 Å². The van der Waals surface area contributed by atoms with Gasteiger partial charge in [0.2, 0.25) is 0 Å². The fourth-order valence-corrected chi connectivity index (χ4v) is 5.44. The molecule has 222 valence electrons. The first-order valence-corrected chi connectivity index (χ1v) is 15.8. The Bertz CT molecular complexity index is 771. The summed E-state index contributed by atoms with van der Waals surface area (Å²) >= 11 is 0. The Balaban J connectivity index is 2.78. The van der Waals surface area contributed by atoms with E-state index in [2.05, 4.69) is 67.5 Å². The number of benzene rings is 1. The van der Waals surface area contributed by atoms with Crippen molar-refractivity contribution in [2.45, 2.75) is 98.3 Å². The van der Waals surface area contributed by atoms with Gasteiger partial charge in [0.25, 0.3) is 0 Å². The van der Waals surface area contributed by atoms with Crippen molar-refractivity contribution in [1.82, 2.24) is 0 Å². The summed E-state index contributed by atoms with van der Waals surface area (Å²) in [6.45, 7) is 17.6. The average molecular weight is 579 g/mol. The second-order valence-corrected chi connectivity index (χ2v) is 14.1. The van der Waals surface area contributed by atoms with Crippen molar-refractivity contribution >= 4 is 17.2 Å². The minimum Gasteiger partial charge on any atom is -0.396 e. The molecule has 0 saturated carbocycles. The molecule has 0 aliphatic carbocycles. The predicted octanol–water partition coefficient (Wildman–Crippen LogP) is 5.78. The summed E-state index contributed by atoms with van der Waals surface area (Å²) in [5.41, 5.74) is 4.69. The largest absolute Gasteiger partial charge is 0.396 e. The molecule has 0 heterocycles. The number of unbranched alkanes of at least 4 members (excludes halogenated alkanes) is 1. The highest BCUT2D eigenvalue weighted by molar-refractivity contribution is 7.39. The van der Waals surface area contributed by atoms with Crippen LogP contribution in [0.1, 0.15) is 96.4 Å². The molecular weight excluding hydrogens is 526 g/mol. The van der Waals surface area contributed by atoms with Gasteiger partial charge in [-0.3, -0.25) is 0 Å². The fraction of sp³-hybridized carbons (Fsp3) is 0.786. The lowest BCUT2D eigenvalue weighted by Gasteiger charge is -2.32. The van der Waals surface area contributed by atoms with Crippen LogP contribution >= 0.6 is 17.2 Å². The zero-order valence-corrected chi connectivity index (χ0v) is 26.4. The molecule has 0 spiro atoms. The molecule has 38 heavy (non-hydrogen) atoms. The maximum absolute atomic E-state index is 9.93. The average Bonchev–Trinajstić information content (AvgIpc) is 2.81. The fourth-order valence-electron chi connectivity index (χ4n) is 4.66. The van der Waals surface area contributed by atoms with Crippen LogP contribution in [0.2, 0.25) is 0 Å². The first kappa shape index (κ1) is 35.8. The SMILES string of the molecule is CCC(CCCCc1c(C(C)(C)C)cc(C)cc1C(C)(C)C)COCC(CO)(COP(O)O)COP(O)O. The van der Waals surface area contributed by atoms with E-state index in [1.807, 2.05) is 0 Å². The van der Waals surface area contributed by atoms with Crippen molar-refractivity contribution in [3.63, 3.8) is 0 Å². The molecule has 1 unspecified atom stereocenters. The van der Waals surface area contributed by atoms with Crippen LogP contribution in [0.3, 0.4) is 0 Å². The summed E-state index contributed by atoms with van der Waals surface area (Å²) in [5.74, 6) is 0.330. The third kappa shape index (κ3) is 12.5. The third-order valence-corrected chi connectivity index (χ3v) is 7.67. The van der Waals surface area contributed by atoms with E-state index in [0.717, 1.165) is 32.1 Å². The van der Waals surface area contributed by atoms with Crippen LogP contribution in [0, 0.1) is 18.3 Å². The lowest BCUT2D eigenvalue weighted by atomic mass is 9.74. The van der Waals surface area contributed by atoms with E-state index in [1.165, 1.54) is 22.3 Å². The summed E-state index contributed by atoms with van der Waals surface area (Å²) in [6.07, 6.45) is 5.14. The van der Waals surface area contributed by atoms with Crippen LogP contribution in [-0.2, 0) is 31.0 Å². The molecule has 0 amide bonds. The highest BCUT2D eigenvalue weighted by Crippen LogP contribution is 2.37. The van der Waals surface area contributed by atoms with Gasteiger partial charge in [0.1, 0.15) is 0 Å². The maximum atomic E-state index is 9.93. The van der Waals surface area contributed by atoms with E-state index in [1.54, 1.807) is 0 Å². The molecule has 0 bridgehead atoms. The van der Waals surface area contributed by atoms with Crippen molar-refractivity contribution in [1.29, 1.82) is 0 Å². The molecule has 8 nitrogen and oxygen atoms in total. The standard InChI is InChI=1S/C28H52O8P2/c1-9-22(16-34-18-28(17-29,19-35-37(30)31)20-36-38(32)33)12-10-11-13-23-24(26(3,4)5)14-21(2)15-25(23)27(6,7)8/h14-15,22,29-33H,9-13,16-20H2,1-8H3. The molecule has 0 aliphatic rings. The molecule has 0 radical (unpaired) electrons. The van der Waals surface area contributed by atoms with Gasteiger partial charge in [-0.2, -0.15) is 0 Å². The summed E-state index contributed by atoms with van der Waals surface area (Å²) in [7, 11) is -5.24. The third-order valence-electron chi connectivity index (χ3n) is 6.95. The van der Waals surface area contributed by atoms with Gasteiger partial charge in [0, 0.05) is 6.61 Å². The molecule has 5 N–H and O–H groups in total. The number of aryl methyl sites for hydroxylation is 1. The van der Waals surface area contributed by atoms with Crippen LogP contribution in [0.15, 0.2) is 12.1 Å². The molecule has 0 saturated heterocycles. The van der Waals surface area contributed by atoms with Gasteiger partial charge < -0.3 is 38.5 Å². The maximum Gasteiger partial charge on any atom is 0.327 e. The number of hydrogen-bond donors (Lipinski definition) is 5. The van der Waals surface area contributed by atoms with E-state index in [-0.39, 0.29) is 30.7 Å². The predicted molar refractivity (Wildman–Crippen MR) is 155 cm³/mol. The molecule has 1 aromatic carbocycles. The van der Waals surface area contributed by atoms with Gasteiger partial charge in [-0.05, 0) is 59.6 Å². The second kappa shape index (κ2) is 16.3. The van der Waals surface area contributed by atoms with Crippen LogP contribution < -0.4 is 0 Å². The Labute approximate surface area is 232 Å². The quantitative estimate of drug-likeness (QED) is 0.116. The number of aliphatic hydroxyl groups excluding tert-OH is 1. The lowest BCUT2D eigenvalue weighted by molar-refractivity contribution is -0.0569. The van der Waals surface area contributed by atoms with Gasteiger partial charge >= 0.3 is 17.2 Å². The first-order chi connectivity index (χ1) is 17.5. The minimum absolute atomic E-state index is 0.0274. The highest BCUT2D eigenvalue weighted by Gasteiger charge is 2.34. The molecule has 1 aromatic rings. The first-order valence-electron chi connectivity index (χ1n) is 13.5. The van der Waals surface area contributed by atoms with Crippen molar-refractivity contribution in [2.24, 2.45) is 11.3 Å². The van der Waals surface area contributed by atoms with Crippen molar-refractivity contribution in [3.05, 3.63) is 34.4 Å². The van der Waals surface area contributed by atoms with Crippen molar-refractivity contribution in [3.8, 4) is 0 Å².